The van der Waals surface area contributed by atoms with Crippen molar-refractivity contribution < 1.29 is 33.8 Å². The van der Waals surface area contributed by atoms with Crippen LogP contribution in [-0.2, 0) is 19.1 Å². The van der Waals surface area contributed by atoms with Crippen LogP contribution in [0.15, 0.2) is 49.2 Å². The van der Waals surface area contributed by atoms with Crippen LogP contribution in [0.3, 0.4) is 0 Å². The van der Waals surface area contributed by atoms with Gasteiger partial charge >= 0.3 is 12.1 Å². The Labute approximate surface area is 257 Å². The topological polar surface area (TPSA) is 147 Å². The lowest BCUT2D eigenvalue weighted by Crippen LogP contribution is -2.58. The van der Waals surface area contributed by atoms with Crippen molar-refractivity contribution in [2.24, 2.45) is 11.8 Å². The van der Waals surface area contributed by atoms with Gasteiger partial charge in [0.25, 0.3) is 0 Å². The molecule has 2 saturated carbocycles. The number of carboxylic acids is 1. The summed E-state index contributed by atoms with van der Waals surface area (Å²) >= 11 is 0. The van der Waals surface area contributed by atoms with Crippen molar-refractivity contribution in [1.29, 1.82) is 0 Å². The summed E-state index contributed by atoms with van der Waals surface area (Å²) in [6.07, 6.45) is 6.74. The molecule has 1 saturated heterocycles. The number of carbonyl (C=O) groups is 4. The number of hydrogen-bond donors (Lipinski definition) is 3. The molecule has 0 spiro atoms. The van der Waals surface area contributed by atoms with Crippen molar-refractivity contribution >= 4 is 34.8 Å². The van der Waals surface area contributed by atoms with Gasteiger partial charge in [0.1, 0.15) is 35.1 Å². The fourth-order valence-corrected chi connectivity index (χ4v) is 6.51. The SMILES string of the molecule is C=C[C@H]1CC1(NC(=O)[C@@H]1C[C@@H](Oc2cccc3ncccc23)CN1C(=O)[C@@H](NC(=O)OC(C)(C)C)C1CCCCC1)C(=O)O. The van der Waals surface area contributed by atoms with Gasteiger partial charge in [-0.1, -0.05) is 31.4 Å². The monoisotopic (exact) mass is 606 g/mol. The fraction of sp³-hybridized carbons (Fsp3) is 0.545. The number of carboxylic acid groups (broad SMARTS) is 1. The van der Waals surface area contributed by atoms with E-state index in [0.717, 1.165) is 43.0 Å². The minimum absolute atomic E-state index is 0.0811. The average molecular weight is 607 g/mol. The average Bonchev–Trinajstić information content (AvgIpc) is 3.55. The zero-order valence-corrected chi connectivity index (χ0v) is 25.6. The minimum Gasteiger partial charge on any atom is -0.488 e. The number of alkyl carbamates (subject to hydrolysis) is 1. The Balaban J connectivity index is 1.43. The fourth-order valence-electron chi connectivity index (χ4n) is 6.51. The van der Waals surface area contributed by atoms with Crippen molar-refractivity contribution in [3.8, 4) is 5.75 Å². The van der Waals surface area contributed by atoms with E-state index in [1.165, 1.54) is 11.0 Å². The van der Waals surface area contributed by atoms with Crippen molar-refractivity contribution in [2.45, 2.75) is 95.0 Å². The third-order valence-corrected chi connectivity index (χ3v) is 8.83. The van der Waals surface area contributed by atoms with Crippen LogP contribution in [0, 0.1) is 11.8 Å². The van der Waals surface area contributed by atoms with Crippen LogP contribution in [0.2, 0.25) is 0 Å². The Morgan fingerprint density at radius 2 is 1.89 bits per heavy atom. The minimum atomic E-state index is -1.45. The van der Waals surface area contributed by atoms with Crippen LogP contribution in [0.5, 0.6) is 5.75 Å². The molecule has 2 heterocycles. The summed E-state index contributed by atoms with van der Waals surface area (Å²) in [4.78, 5) is 59.1. The summed E-state index contributed by atoms with van der Waals surface area (Å²) in [5.74, 6) is -2.09. The van der Waals surface area contributed by atoms with Gasteiger partial charge in [-0.05, 0) is 70.2 Å². The third-order valence-electron chi connectivity index (χ3n) is 8.83. The Kier molecular flexibility index (Phi) is 8.85. The normalized spacial score (nSPS) is 26.0. The van der Waals surface area contributed by atoms with Crippen molar-refractivity contribution in [3.05, 3.63) is 49.2 Å². The molecule has 3 amide bonds. The molecule has 1 aromatic carbocycles. The van der Waals surface area contributed by atoms with E-state index >= 15 is 0 Å². The first-order valence-corrected chi connectivity index (χ1v) is 15.4. The molecule has 0 bridgehead atoms. The first-order valence-electron chi connectivity index (χ1n) is 15.4. The van der Waals surface area contributed by atoms with Gasteiger partial charge in [0, 0.05) is 23.9 Å². The maximum Gasteiger partial charge on any atom is 0.408 e. The third kappa shape index (κ3) is 6.66. The predicted octanol–water partition coefficient (Wildman–Crippen LogP) is 4.20. The molecule has 3 fully saturated rings. The largest absolute Gasteiger partial charge is 0.488 e. The molecular formula is C33H42N4O7. The Morgan fingerprint density at radius 1 is 1.14 bits per heavy atom. The smallest absolute Gasteiger partial charge is 0.408 e. The summed E-state index contributed by atoms with van der Waals surface area (Å²) in [6, 6.07) is 7.31. The van der Waals surface area contributed by atoms with Crippen LogP contribution < -0.4 is 15.4 Å². The van der Waals surface area contributed by atoms with Gasteiger partial charge in [-0.15, -0.1) is 6.58 Å². The lowest BCUT2D eigenvalue weighted by Gasteiger charge is -2.35. The number of pyridine rings is 1. The van der Waals surface area contributed by atoms with E-state index in [4.69, 9.17) is 9.47 Å². The maximum atomic E-state index is 14.4. The molecule has 11 heteroatoms. The van der Waals surface area contributed by atoms with E-state index < -0.39 is 59.1 Å². The second-order valence-electron chi connectivity index (χ2n) is 13.1. The number of aliphatic carboxylic acids is 1. The highest BCUT2D eigenvalue weighted by molar-refractivity contribution is 5.96. The van der Waals surface area contributed by atoms with Crippen molar-refractivity contribution in [1.82, 2.24) is 20.5 Å². The Hall–Kier alpha value is -4.15. The number of nitrogens with zero attached hydrogens (tertiary/aromatic N) is 2. The van der Waals surface area contributed by atoms with E-state index in [-0.39, 0.29) is 25.3 Å². The lowest BCUT2D eigenvalue weighted by atomic mass is 9.83. The molecule has 11 nitrogen and oxygen atoms in total. The first-order chi connectivity index (χ1) is 20.9. The number of aromatic nitrogens is 1. The molecule has 5 rings (SSSR count). The standard InChI is InChI=1S/C33H42N4O7/c1-5-21-18-33(21,30(40)41)36-28(38)25-17-22(43-26-15-9-14-24-23(26)13-10-16-34-24)19-37(25)29(39)27(20-11-7-6-8-12-20)35-31(42)44-32(2,3)4/h5,9-10,13-16,20-22,25,27H,1,6-8,11-12,17-19H2,2-4H3,(H,35,42)(H,36,38)(H,40,41)/t21-,22+,25-,27-,33?/m0/s1. The van der Waals surface area contributed by atoms with Gasteiger partial charge in [0.2, 0.25) is 11.8 Å². The van der Waals surface area contributed by atoms with E-state index in [2.05, 4.69) is 22.2 Å². The Morgan fingerprint density at radius 3 is 2.55 bits per heavy atom. The number of likely N-dealkylation sites (tertiary alicyclic amines) is 1. The van der Waals surface area contributed by atoms with Gasteiger partial charge in [-0.2, -0.15) is 0 Å². The quantitative estimate of drug-likeness (QED) is 0.360. The van der Waals surface area contributed by atoms with Gasteiger partial charge < -0.3 is 30.1 Å². The first kappa shape index (κ1) is 31.3. The number of carbonyl (C=O) groups excluding carboxylic acids is 3. The van der Waals surface area contributed by atoms with E-state index in [1.54, 1.807) is 27.0 Å². The molecule has 236 valence electrons. The zero-order chi connectivity index (χ0) is 31.6. The summed E-state index contributed by atoms with van der Waals surface area (Å²) < 4.78 is 11.9. The molecule has 3 N–H and O–H groups in total. The number of rotatable bonds is 9. The number of nitrogens with one attached hydrogen (secondary N) is 2. The second-order valence-corrected chi connectivity index (χ2v) is 13.1. The molecule has 0 radical (unpaired) electrons. The molecule has 3 aliphatic rings. The predicted molar refractivity (Wildman–Crippen MR) is 163 cm³/mol. The van der Waals surface area contributed by atoms with Crippen LogP contribution in [0.25, 0.3) is 10.9 Å². The van der Waals surface area contributed by atoms with Gasteiger partial charge in [0.05, 0.1) is 12.1 Å². The number of benzene rings is 1. The van der Waals surface area contributed by atoms with Gasteiger partial charge in [-0.25, -0.2) is 9.59 Å². The van der Waals surface area contributed by atoms with E-state index in [9.17, 15) is 24.3 Å². The molecule has 2 aromatic rings. The molecular weight excluding hydrogens is 564 g/mol. The van der Waals surface area contributed by atoms with Crippen LogP contribution in [0.4, 0.5) is 4.79 Å². The summed E-state index contributed by atoms with van der Waals surface area (Å²) in [5.41, 5.74) is -1.47. The number of ether oxygens (including phenoxy) is 2. The highest BCUT2D eigenvalue weighted by atomic mass is 16.6. The molecule has 5 atom stereocenters. The zero-order valence-electron chi connectivity index (χ0n) is 25.6. The Bertz CT molecular complexity index is 1430. The van der Waals surface area contributed by atoms with Crippen molar-refractivity contribution in [2.75, 3.05) is 6.54 Å². The highest BCUT2D eigenvalue weighted by Gasteiger charge is 2.61. The van der Waals surface area contributed by atoms with E-state index in [0.29, 0.717) is 5.75 Å². The molecule has 1 unspecified atom stereocenters. The summed E-state index contributed by atoms with van der Waals surface area (Å²) in [5, 5.41) is 16.3. The second kappa shape index (κ2) is 12.5. The van der Waals surface area contributed by atoms with Gasteiger partial charge in [-0.3, -0.25) is 14.6 Å². The van der Waals surface area contributed by atoms with Crippen LogP contribution in [-0.4, -0.2) is 74.7 Å². The lowest BCUT2D eigenvalue weighted by molar-refractivity contribution is -0.146. The molecule has 2 aliphatic carbocycles. The van der Waals surface area contributed by atoms with E-state index in [1.807, 2.05) is 30.3 Å². The van der Waals surface area contributed by atoms with Crippen molar-refractivity contribution in [3.63, 3.8) is 0 Å². The maximum absolute atomic E-state index is 14.4. The molecule has 1 aromatic heterocycles. The number of amides is 3. The summed E-state index contributed by atoms with van der Waals surface area (Å²) in [6.45, 7) is 9.04. The summed E-state index contributed by atoms with van der Waals surface area (Å²) in [7, 11) is 0. The molecule has 44 heavy (non-hydrogen) atoms. The van der Waals surface area contributed by atoms with Crippen LogP contribution in [0.1, 0.15) is 65.7 Å². The number of fused-ring (bicyclic) bond motifs is 1. The van der Waals surface area contributed by atoms with Gasteiger partial charge in [0.15, 0.2) is 0 Å². The highest BCUT2D eigenvalue weighted by Crippen LogP contribution is 2.45. The van der Waals surface area contributed by atoms with Crippen LogP contribution >= 0.6 is 0 Å². The molecule has 1 aliphatic heterocycles. The number of hydrogen-bond acceptors (Lipinski definition) is 7.